The Balaban J connectivity index is 1.08. The summed E-state index contributed by atoms with van der Waals surface area (Å²) in [4.78, 5) is 24.7. The Morgan fingerprint density at radius 2 is 1.75 bits per heavy atom. The van der Waals surface area contributed by atoms with E-state index < -0.39 is 0 Å². The van der Waals surface area contributed by atoms with Crippen molar-refractivity contribution in [2.75, 3.05) is 11.9 Å². The number of rotatable bonds is 6. The SMILES string of the molecule is O=C(CCC1Cc2ccccc2NC1=O)NCCC12CC3CC(CC(C3)C1)C2. The molecule has 5 aliphatic rings. The van der Waals surface area contributed by atoms with Gasteiger partial charge in [0.15, 0.2) is 0 Å². The molecule has 1 aromatic carbocycles. The molecule has 1 aromatic rings. The highest BCUT2D eigenvalue weighted by Gasteiger charge is 2.50. The molecular weight excluding hydrogens is 348 g/mol. The van der Waals surface area contributed by atoms with Crippen molar-refractivity contribution < 1.29 is 9.59 Å². The van der Waals surface area contributed by atoms with E-state index in [-0.39, 0.29) is 17.7 Å². The third-order valence-electron chi connectivity index (χ3n) is 7.97. The van der Waals surface area contributed by atoms with E-state index >= 15 is 0 Å². The molecule has 4 saturated carbocycles. The van der Waals surface area contributed by atoms with Gasteiger partial charge in [0.25, 0.3) is 0 Å². The molecule has 1 aliphatic heterocycles. The number of amides is 2. The zero-order valence-corrected chi connectivity index (χ0v) is 16.7. The minimum Gasteiger partial charge on any atom is -0.356 e. The molecule has 0 saturated heterocycles. The summed E-state index contributed by atoms with van der Waals surface area (Å²) in [6.07, 6.45) is 11.6. The summed E-state index contributed by atoms with van der Waals surface area (Å²) < 4.78 is 0. The Bertz CT molecular complexity index is 736. The van der Waals surface area contributed by atoms with Crippen LogP contribution in [0.15, 0.2) is 24.3 Å². The van der Waals surface area contributed by atoms with E-state index in [0.29, 0.717) is 18.3 Å². The van der Waals surface area contributed by atoms with Gasteiger partial charge >= 0.3 is 0 Å². The van der Waals surface area contributed by atoms with Gasteiger partial charge in [-0.2, -0.15) is 0 Å². The monoisotopic (exact) mass is 380 g/mol. The number of para-hydroxylation sites is 1. The van der Waals surface area contributed by atoms with Crippen molar-refractivity contribution >= 4 is 17.5 Å². The van der Waals surface area contributed by atoms with Crippen molar-refractivity contribution in [1.82, 2.24) is 5.32 Å². The average molecular weight is 381 g/mol. The highest BCUT2D eigenvalue weighted by molar-refractivity contribution is 5.96. The summed E-state index contributed by atoms with van der Waals surface area (Å²) >= 11 is 0. The van der Waals surface area contributed by atoms with E-state index in [1.165, 1.54) is 44.1 Å². The first kappa shape index (κ1) is 18.2. The van der Waals surface area contributed by atoms with Gasteiger partial charge in [0.2, 0.25) is 11.8 Å². The topological polar surface area (TPSA) is 58.2 Å². The van der Waals surface area contributed by atoms with Crippen LogP contribution >= 0.6 is 0 Å². The van der Waals surface area contributed by atoms with E-state index in [4.69, 9.17) is 0 Å². The smallest absolute Gasteiger partial charge is 0.227 e. The fourth-order valence-corrected chi connectivity index (χ4v) is 7.10. The predicted octanol–water partition coefficient (Wildman–Crippen LogP) is 4.30. The molecule has 2 amide bonds. The Kier molecular flexibility index (Phi) is 4.68. The molecule has 0 aromatic heterocycles. The number of hydrogen-bond donors (Lipinski definition) is 2. The van der Waals surface area contributed by atoms with E-state index in [0.717, 1.165) is 42.8 Å². The summed E-state index contributed by atoms with van der Waals surface area (Å²) in [7, 11) is 0. The normalized spacial score (nSPS) is 35.4. The number of anilines is 1. The quantitative estimate of drug-likeness (QED) is 0.773. The Morgan fingerprint density at radius 3 is 2.46 bits per heavy atom. The van der Waals surface area contributed by atoms with Crippen molar-refractivity contribution in [2.24, 2.45) is 29.1 Å². The maximum atomic E-state index is 12.4. The molecule has 1 atom stereocenters. The molecule has 1 unspecified atom stereocenters. The molecule has 4 fully saturated rings. The van der Waals surface area contributed by atoms with E-state index in [1.807, 2.05) is 18.2 Å². The second-order valence-electron chi connectivity index (χ2n) is 10.1. The molecule has 4 nitrogen and oxygen atoms in total. The second kappa shape index (κ2) is 7.20. The van der Waals surface area contributed by atoms with Gasteiger partial charge in [0.1, 0.15) is 0 Å². The van der Waals surface area contributed by atoms with Crippen LogP contribution in [-0.2, 0) is 16.0 Å². The Morgan fingerprint density at radius 1 is 1.07 bits per heavy atom. The average Bonchev–Trinajstić information content (AvgIpc) is 2.65. The molecule has 6 rings (SSSR count). The van der Waals surface area contributed by atoms with Crippen LogP contribution in [0.25, 0.3) is 0 Å². The van der Waals surface area contributed by atoms with Crippen LogP contribution in [0.3, 0.4) is 0 Å². The highest BCUT2D eigenvalue weighted by Crippen LogP contribution is 2.61. The Labute approximate surface area is 167 Å². The number of carbonyl (C=O) groups is 2. The van der Waals surface area contributed by atoms with Crippen molar-refractivity contribution in [2.45, 2.75) is 64.2 Å². The van der Waals surface area contributed by atoms with Gasteiger partial charge in [-0.1, -0.05) is 18.2 Å². The first-order valence-electron chi connectivity index (χ1n) is 11.2. The maximum absolute atomic E-state index is 12.4. The largest absolute Gasteiger partial charge is 0.356 e. The number of hydrogen-bond acceptors (Lipinski definition) is 2. The molecular formula is C24H32N2O2. The maximum Gasteiger partial charge on any atom is 0.227 e. The van der Waals surface area contributed by atoms with Crippen LogP contribution in [-0.4, -0.2) is 18.4 Å². The van der Waals surface area contributed by atoms with Gasteiger partial charge in [-0.25, -0.2) is 0 Å². The summed E-state index contributed by atoms with van der Waals surface area (Å²) in [5.41, 5.74) is 2.62. The van der Waals surface area contributed by atoms with Crippen LogP contribution in [0.1, 0.15) is 63.4 Å². The number of carbonyl (C=O) groups excluding carboxylic acids is 2. The van der Waals surface area contributed by atoms with Crippen LogP contribution < -0.4 is 10.6 Å². The van der Waals surface area contributed by atoms with Gasteiger partial charge in [-0.15, -0.1) is 0 Å². The fraction of sp³-hybridized carbons (Fsp3) is 0.667. The lowest BCUT2D eigenvalue weighted by Crippen LogP contribution is -2.47. The molecule has 1 heterocycles. The standard InChI is InChI=1S/C24H32N2O2/c27-22(6-5-20-12-19-3-1-2-4-21(19)26-23(20)28)25-8-7-24-13-16-9-17(14-24)11-18(10-16)15-24/h1-4,16-18,20H,5-15H2,(H,25,27)(H,26,28). The highest BCUT2D eigenvalue weighted by atomic mass is 16.2. The van der Waals surface area contributed by atoms with Crippen LogP contribution in [0.4, 0.5) is 5.69 Å². The van der Waals surface area contributed by atoms with Crippen molar-refractivity contribution in [1.29, 1.82) is 0 Å². The second-order valence-corrected chi connectivity index (χ2v) is 10.1. The van der Waals surface area contributed by atoms with Gasteiger partial charge in [-0.3, -0.25) is 9.59 Å². The first-order valence-corrected chi connectivity index (χ1v) is 11.2. The summed E-state index contributed by atoms with van der Waals surface area (Å²) in [6.45, 7) is 0.810. The van der Waals surface area contributed by atoms with E-state index in [9.17, 15) is 9.59 Å². The van der Waals surface area contributed by atoms with E-state index in [1.54, 1.807) is 0 Å². The van der Waals surface area contributed by atoms with Gasteiger partial charge < -0.3 is 10.6 Å². The lowest BCUT2D eigenvalue weighted by molar-refractivity contribution is -0.123. The van der Waals surface area contributed by atoms with Crippen LogP contribution in [0.5, 0.6) is 0 Å². The van der Waals surface area contributed by atoms with Gasteiger partial charge in [0, 0.05) is 24.6 Å². The molecule has 28 heavy (non-hydrogen) atoms. The predicted molar refractivity (Wildman–Crippen MR) is 110 cm³/mol. The molecule has 4 aliphatic carbocycles. The number of nitrogens with one attached hydrogen (secondary N) is 2. The molecule has 2 N–H and O–H groups in total. The molecule has 0 spiro atoms. The minimum atomic E-state index is -0.0937. The molecule has 0 radical (unpaired) electrons. The van der Waals surface area contributed by atoms with Crippen LogP contribution in [0, 0.1) is 29.1 Å². The Hall–Kier alpha value is -1.84. The number of fused-ring (bicyclic) bond motifs is 1. The summed E-state index contributed by atoms with van der Waals surface area (Å²) in [5.74, 6) is 2.97. The van der Waals surface area contributed by atoms with Gasteiger partial charge in [0.05, 0.1) is 0 Å². The third-order valence-corrected chi connectivity index (χ3v) is 7.97. The zero-order chi connectivity index (χ0) is 19.1. The van der Waals surface area contributed by atoms with E-state index in [2.05, 4.69) is 16.7 Å². The number of benzene rings is 1. The lowest BCUT2D eigenvalue weighted by Gasteiger charge is -2.57. The summed E-state index contributed by atoms with van der Waals surface area (Å²) in [5, 5.41) is 6.14. The van der Waals surface area contributed by atoms with Gasteiger partial charge in [-0.05, 0) is 92.6 Å². The minimum absolute atomic E-state index is 0.0556. The van der Waals surface area contributed by atoms with Crippen LogP contribution in [0.2, 0.25) is 0 Å². The molecule has 4 bridgehead atoms. The molecule has 4 heteroatoms. The first-order chi connectivity index (χ1) is 13.6. The fourth-order valence-electron chi connectivity index (χ4n) is 7.10. The zero-order valence-electron chi connectivity index (χ0n) is 16.7. The third kappa shape index (κ3) is 3.58. The summed E-state index contributed by atoms with van der Waals surface area (Å²) in [6, 6.07) is 7.95. The molecule has 150 valence electrons. The lowest BCUT2D eigenvalue weighted by atomic mass is 9.49. The van der Waals surface area contributed by atoms with Crippen molar-refractivity contribution in [3.8, 4) is 0 Å². The van der Waals surface area contributed by atoms with Crippen molar-refractivity contribution in [3.05, 3.63) is 29.8 Å². The van der Waals surface area contributed by atoms with Crippen molar-refractivity contribution in [3.63, 3.8) is 0 Å².